The van der Waals surface area contributed by atoms with E-state index in [0.717, 1.165) is 65.0 Å². The molecule has 0 spiro atoms. The van der Waals surface area contributed by atoms with Crippen molar-refractivity contribution in [3.63, 3.8) is 0 Å². The van der Waals surface area contributed by atoms with Crippen LogP contribution in [0.15, 0.2) is 0 Å². The highest BCUT2D eigenvalue weighted by atomic mass is 16.5. The third kappa shape index (κ3) is 4.41. The van der Waals surface area contributed by atoms with E-state index in [1.54, 1.807) is 7.11 Å². The number of ether oxygens (including phenoxy) is 2. The largest absolute Gasteiger partial charge is 0.384 e. The molecule has 1 amide bonds. The van der Waals surface area contributed by atoms with E-state index >= 15 is 0 Å². The van der Waals surface area contributed by atoms with Gasteiger partial charge in [-0.15, -0.1) is 0 Å². The number of carbonyl (C=O) groups excluding carboxylic acids is 1. The molecular weight excluding hydrogens is 268 g/mol. The average molecular weight is 298 g/mol. The van der Waals surface area contributed by atoms with E-state index in [9.17, 15) is 4.79 Å². The Morgan fingerprint density at radius 2 is 2.00 bits per heavy atom. The molecule has 0 radical (unpaired) electrons. The predicted octanol–water partition coefficient (Wildman–Crippen LogP) is 1.28. The molecule has 0 bridgehead atoms. The van der Waals surface area contributed by atoms with Crippen molar-refractivity contribution >= 4 is 5.91 Å². The van der Waals surface area contributed by atoms with E-state index in [1.807, 2.05) is 11.9 Å². The Bertz CT molecular complexity index is 318. The summed E-state index contributed by atoms with van der Waals surface area (Å²) in [5.41, 5.74) is -0.315. The van der Waals surface area contributed by atoms with Gasteiger partial charge in [-0.1, -0.05) is 0 Å². The Labute approximate surface area is 128 Å². The van der Waals surface area contributed by atoms with Crippen LogP contribution in [-0.2, 0) is 14.3 Å². The second-order valence-corrected chi connectivity index (χ2v) is 6.53. The average Bonchev–Trinajstić information content (AvgIpc) is 2.54. The Balaban J connectivity index is 1.86. The highest BCUT2D eigenvalue weighted by Crippen LogP contribution is 2.31. The first-order chi connectivity index (χ1) is 10.2. The fraction of sp³-hybridized carbons (Fsp3) is 0.938. The third-order valence-corrected chi connectivity index (χ3v) is 5.00. The number of carbonyl (C=O) groups is 1. The van der Waals surface area contributed by atoms with Crippen LogP contribution in [-0.4, -0.2) is 64.4 Å². The maximum Gasteiger partial charge on any atom is 0.230 e. The zero-order chi connectivity index (χ0) is 15.1. The van der Waals surface area contributed by atoms with E-state index in [4.69, 9.17) is 9.47 Å². The summed E-state index contributed by atoms with van der Waals surface area (Å²) >= 11 is 0. The van der Waals surface area contributed by atoms with Gasteiger partial charge < -0.3 is 19.7 Å². The molecule has 0 aromatic carbocycles. The minimum absolute atomic E-state index is 0.262. The molecule has 0 aliphatic carbocycles. The van der Waals surface area contributed by atoms with Gasteiger partial charge in [0.15, 0.2) is 0 Å². The predicted molar refractivity (Wildman–Crippen MR) is 82.2 cm³/mol. The lowest BCUT2D eigenvalue weighted by Crippen LogP contribution is -2.50. The van der Waals surface area contributed by atoms with Crippen LogP contribution in [0, 0.1) is 11.3 Å². The quantitative estimate of drug-likeness (QED) is 0.802. The minimum atomic E-state index is -0.315. The lowest BCUT2D eigenvalue weighted by molar-refractivity contribution is -0.146. The van der Waals surface area contributed by atoms with Crippen molar-refractivity contribution in [1.29, 1.82) is 0 Å². The summed E-state index contributed by atoms with van der Waals surface area (Å²) in [6.07, 6.45) is 5.11. The van der Waals surface area contributed by atoms with E-state index in [2.05, 4.69) is 5.32 Å². The molecule has 5 heteroatoms. The highest BCUT2D eigenvalue weighted by Gasteiger charge is 2.41. The first-order valence-electron chi connectivity index (χ1n) is 8.21. The van der Waals surface area contributed by atoms with Crippen molar-refractivity contribution in [3.8, 4) is 0 Å². The summed E-state index contributed by atoms with van der Waals surface area (Å²) in [4.78, 5) is 14.8. The smallest absolute Gasteiger partial charge is 0.230 e. The number of piperidine rings is 1. The number of hydrogen-bond donors (Lipinski definition) is 1. The summed E-state index contributed by atoms with van der Waals surface area (Å²) < 4.78 is 10.8. The van der Waals surface area contributed by atoms with Crippen molar-refractivity contribution < 1.29 is 14.3 Å². The van der Waals surface area contributed by atoms with Crippen molar-refractivity contribution in [2.45, 2.75) is 32.1 Å². The van der Waals surface area contributed by atoms with Gasteiger partial charge in [-0.2, -0.15) is 0 Å². The summed E-state index contributed by atoms with van der Waals surface area (Å²) in [6.45, 7) is 4.95. The fourth-order valence-electron chi connectivity index (χ4n) is 3.52. The van der Waals surface area contributed by atoms with E-state index < -0.39 is 0 Å². The number of hydrogen-bond acceptors (Lipinski definition) is 4. The molecule has 2 aliphatic heterocycles. The van der Waals surface area contributed by atoms with Gasteiger partial charge >= 0.3 is 0 Å². The van der Waals surface area contributed by atoms with Gasteiger partial charge in [0.2, 0.25) is 5.91 Å². The first kappa shape index (κ1) is 16.7. The van der Waals surface area contributed by atoms with Gasteiger partial charge in [-0.25, -0.2) is 0 Å². The van der Waals surface area contributed by atoms with Crippen molar-refractivity contribution in [2.75, 3.05) is 53.6 Å². The van der Waals surface area contributed by atoms with Gasteiger partial charge in [-0.05, 0) is 51.1 Å². The van der Waals surface area contributed by atoms with Crippen molar-refractivity contribution in [3.05, 3.63) is 0 Å². The zero-order valence-corrected chi connectivity index (χ0v) is 13.5. The molecule has 0 aromatic heterocycles. The zero-order valence-electron chi connectivity index (χ0n) is 13.5. The van der Waals surface area contributed by atoms with E-state index in [-0.39, 0.29) is 11.3 Å². The second kappa shape index (κ2) is 8.11. The number of nitrogens with one attached hydrogen (secondary N) is 1. The van der Waals surface area contributed by atoms with Crippen molar-refractivity contribution in [2.24, 2.45) is 11.3 Å². The highest BCUT2D eigenvalue weighted by molar-refractivity contribution is 5.82. The maximum absolute atomic E-state index is 12.9. The van der Waals surface area contributed by atoms with Crippen LogP contribution in [0.1, 0.15) is 32.1 Å². The van der Waals surface area contributed by atoms with Crippen LogP contribution in [0.4, 0.5) is 0 Å². The number of methoxy groups -OCH3 is 1. The van der Waals surface area contributed by atoms with Crippen LogP contribution < -0.4 is 5.32 Å². The topological polar surface area (TPSA) is 50.8 Å². The molecule has 2 aliphatic rings. The lowest BCUT2D eigenvalue weighted by atomic mass is 9.78. The van der Waals surface area contributed by atoms with Gasteiger partial charge in [0.1, 0.15) is 0 Å². The molecular formula is C16H30N2O3. The summed E-state index contributed by atoms with van der Waals surface area (Å²) in [6, 6.07) is 0. The number of amides is 1. The van der Waals surface area contributed by atoms with Crippen LogP contribution in [0.25, 0.3) is 0 Å². The molecule has 0 aromatic rings. The Kier molecular flexibility index (Phi) is 6.45. The monoisotopic (exact) mass is 298 g/mol. The first-order valence-corrected chi connectivity index (χ1v) is 8.21. The Morgan fingerprint density at radius 3 is 2.62 bits per heavy atom. The van der Waals surface area contributed by atoms with Crippen molar-refractivity contribution in [1.82, 2.24) is 10.2 Å². The summed E-state index contributed by atoms with van der Waals surface area (Å²) in [5.74, 6) is 0.971. The molecule has 0 atom stereocenters. The molecule has 5 nitrogen and oxygen atoms in total. The van der Waals surface area contributed by atoms with Crippen LogP contribution in [0.5, 0.6) is 0 Å². The molecule has 2 fully saturated rings. The van der Waals surface area contributed by atoms with Crippen LogP contribution in [0.2, 0.25) is 0 Å². The molecule has 0 unspecified atom stereocenters. The normalized spacial score (nSPS) is 23.0. The third-order valence-electron chi connectivity index (χ3n) is 5.00. The van der Waals surface area contributed by atoms with Gasteiger partial charge in [0.25, 0.3) is 0 Å². The van der Waals surface area contributed by atoms with Gasteiger partial charge in [-0.3, -0.25) is 4.79 Å². The molecule has 0 saturated carbocycles. The number of rotatable bonds is 6. The SMILES string of the molecule is COCC1(C(=O)N(C)CCC2CCOCC2)CCNCC1. The maximum atomic E-state index is 12.9. The number of nitrogens with zero attached hydrogens (tertiary/aromatic N) is 1. The summed E-state index contributed by atoms with van der Waals surface area (Å²) in [7, 11) is 3.64. The molecule has 21 heavy (non-hydrogen) atoms. The van der Waals surface area contributed by atoms with Gasteiger partial charge in [0.05, 0.1) is 12.0 Å². The molecule has 122 valence electrons. The van der Waals surface area contributed by atoms with Crippen LogP contribution >= 0.6 is 0 Å². The lowest BCUT2D eigenvalue weighted by Gasteiger charge is -2.38. The summed E-state index contributed by atoms with van der Waals surface area (Å²) in [5, 5.41) is 3.34. The molecule has 2 rings (SSSR count). The Hall–Kier alpha value is -0.650. The molecule has 1 N–H and O–H groups in total. The molecule has 2 heterocycles. The van der Waals surface area contributed by atoms with Gasteiger partial charge in [0, 0.05) is 33.9 Å². The standard InChI is InChI=1S/C16H30N2O3/c1-18(10-3-14-4-11-21-12-5-14)15(19)16(13-20-2)6-8-17-9-7-16/h14,17H,3-13H2,1-2H3. The van der Waals surface area contributed by atoms with E-state index in [1.165, 1.54) is 0 Å². The Morgan fingerprint density at radius 1 is 1.33 bits per heavy atom. The second-order valence-electron chi connectivity index (χ2n) is 6.53. The molecule has 2 saturated heterocycles. The fourth-order valence-corrected chi connectivity index (χ4v) is 3.52. The minimum Gasteiger partial charge on any atom is -0.384 e. The van der Waals surface area contributed by atoms with Crippen LogP contribution in [0.3, 0.4) is 0 Å². The van der Waals surface area contributed by atoms with E-state index in [0.29, 0.717) is 12.5 Å².